The van der Waals surface area contributed by atoms with Gasteiger partial charge in [-0.3, -0.25) is 9.78 Å². The highest BCUT2D eigenvalue weighted by molar-refractivity contribution is 7.89. The zero-order valence-corrected chi connectivity index (χ0v) is 13.5. The third kappa shape index (κ3) is 5.19. The summed E-state index contributed by atoms with van der Waals surface area (Å²) < 4.78 is 28.1. The molecule has 8 heteroatoms. The third-order valence-electron chi connectivity index (χ3n) is 3.36. The summed E-state index contributed by atoms with van der Waals surface area (Å²) in [5.41, 5.74) is -0.134. The zero-order chi connectivity index (χ0) is 16.9. The number of aromatic amines is 1. The largest absolute Gasteiger partial charge is 0.328 e. The standard InChI is InChI=1S/C15H19N3O4S/c1-12(13-6-3-2-4-7-13)17-23(21,22)11-5-9-18-10-8-14(19)16-15(18)20/h2-4,6-8,10,12,17H,5,9,11H2,1H3,(H,16,19,20)/t12-/m0/s1. The Balaban J connectivity index is 1.91. The Hall–Kier alpha value is -2.19. The van der Waals surface area contributed by atoms with Crippen LogP contribution in [0.5, 0.6) is 0 Å². The van der Waals surface area contributed by atoms with Crippen LogP contribution in [-0.4, -0.2) is 23.7 Å². The summed E-state index contributed by atoms with van der Waals surface area (Å²) in [6, 6.07) is 10.2. The molecule has 7 nitrogen and oxygen atoms in total. The lowest BCUT2D eigenvalue weighted by molar-refractivity contribution is 0.556. The second-order valence-corrected chi connectivity index (χ2v) is 7.10. The Labute approximate surface area is 134 Å². The van der Waals surface area contributed by atoms with Gasteiger partial charge in [0.1, 0.15) is 0 Å². The maximum absolute atomic E-state index is 12.1. The van der Waals surface area contributed by atoms with Crippen LogP contribution >= 0.6 is 0 Å². The topological polar surface area (TPSA) is 101 Å². The molecule has 0 aliphatic rings. The van der Waals surface area contributed by atoms with Crippen LogP contribution < -0.4 is 16.0 Å². The molecule has 2 aromatic rings. The van der Waals surface area contributed by atoms with Gasteiger partial charge in [-0.1, -0.05) is 30.3 Å². The Bertz CT molecular complexity index is 856. The monoisotopic (exact) mass is 337 g/mol. The summed E-state index contributed by atoms with van der Waals surface area (Å²) in [6.45, 7) is 2.00. The first kappa shape index (κ1) is 17.2. The van der Waals surface area contributed by atoms with Crippen molar-refractivity contribution in [2.24, 2.45) is 0 Å². The summed E-state index contributed by atoms with van der Waals surface area (Å²) in [5, 5.41) is 0. The molecule has 2 N–H and O–H groups in total. The lowest BCUT2D eigenvalue weighted by Gasteiger charge is -2.14. The predicted molar refractivity (Wildman–Crippen MR) is 87.7 cm³/mol. The predicted octanol–water partition coefficient (Wildman–Crippen LogP) is 0.607. The molecule has 2 rings (SSSR count). The van der Waals surface area contributed by atoms with Crippen molar-refractivity contribution >= 4 is 10.0 Å². The quantitative estimate of drug-likeness (QED) is 0.773. The SMILES string of the molecule is C[C@H](NS(=O)(=O)CCCn1ccc(=O)[nH]c1=O)c1ccccc1. The number of sulfonamides is 1. The van der Waals surface area contributed by atoms with E-state index in [0.717, 1.165) is 5.56 Å². The third-order valence-corrected chi connectivity index (χ3v) is 4.90. The fraction of sp³-hybridized carbons (Fsp3) is 0.333. The normalized spacial score (nSPS) is 12.9. The van der Waals surface area contributed by atoms with Crippen LogP contribution in [-0.2, 0) is 16.6 Å². The van der Waals surface area contributed by atoms with Gasteiger partial charge in [0.05, 0.1) is 5.75 Å². The van der Waals surface area contributed by atoms with Crippen molar-refractivity contribution in [2.45, 2.75) is 25.9 Å². The first-order valence-electron chi connectivity index (χ1n) is 7.22. The number of hydrogen-bond acceptors (Lipinski definition) is 4. The molecule has 0 saturated carbocycles. The van der Waals surface area contributed by atoms with Gasteiger partial charge in [-0.15, -0.1) is 0 Å². The van der Waals surface area contributed by atoms with Crippen molar-refractivity contribution in [3.05, 3.63) is 69.0 Å². The van der Waals surface area contributed by atoms with Crippen LogP contribution in [0.1, 0.15) is 24.9 Å². The molecule has 0 saturated heterocycles. The van der Waals surface area contributed by atoms with Gasteiger partial charge in [0, 0.05) is 24.8 Å². The minimum atomic E-state index is -3.46. The first-order chi connectivity index (χ1) is 10.9. The van der Waals surface area contributed by atoms with Gasteiger partial charge < -0.3 is 4.57 Å². The average Bonchev–Trinajstić information content (AvgIpc) is 2.50. The van der Waals surface area contributed by atoms with Crippen LogP contribution in [0.25, 0.3) is 0 Å². The average molecular weight is 337 g/mol. The Morgan fingerprint density at radius 3 is 2.52 bits per heavy atom. The van der Waals surface area contributed by atoms with E-state index in [2.05, 4.69) is 9.71 Å². The molecular formula is C15H19N3O4S. The van der Waals surface area contributed by atoms with Gasteiger partial charge in [0.2, 0.25) is 10.0 Å². The minimum Gasteiger partial charge on any atom is -0.301 e. The summed E-state index contributed by atoms with van der Waals surface area (Å²) >= 11 is 0. The lowest BCUT2D eigenvalue weighted by atomic mass is 10.1. The van der Waals surface area contributed by atoms with Crippen molar-refractivity contribution in [3.8, 4) is 0 Å². The summed E-state index contributed by atoms with van der Waals surface area (Å²) in [7, 11) is -3.46. The molecule has 0 aliphatic heterocycles. The number of H-pyrrole nitrogens is 1. The van der Waals surface area contributed by atoms with E-state index in [1.54, 1.807) is 6.92 Å². The van der Waals surface area contributed by atoms with Gasteiger partial charge in [-0.05, 0) is 18.9 Å². The Morgan fingerprint density at radius 1 is 1.17 bits per heavy atom. The van der Waals surface area contributed by atoms with Gasteiger partial charge in [-0.25, -0.2) is 17.9 Å². The van der Waals surface area contributed by atoms with Gasteiger partial charge in [0.25, 0.3) is 5.56 Å². The summed E-state index contributed by atoms with van der Waals surface area (Å²) in [4.78, 5) is 24.6. The maximum atomic E-state index is 12.1. The number of benzene rings is 1. The van der Waals surface area contributed by atoms with Crippen molar-refractivity contribution in [2.75, 3.05) is 5.75 Å². The molecule has 23 heavy (non-hydrogen) atoms. The number of aromatic nitrogens is 2. The second-order valence-electron chi connectivity index (χ2n) is 5.23. The van der Waals surface area contributed by atoms with E-state index in [1.807, 2.05) is 30.3 Å². The summed E-state index contributed by atoms with van der Waals surface area (Å²) in [6.07, 6.45) is 1.62. The van der Waals surface area contributed by atoms with Crippen LogP contribution in [0.4, 0.5) is 0 Å². The van der Waals surface area contributed by atoms with Crippen molar-refractivity contribution in [1.82, 2.24) is 14.3 Å². The van der Waals surface area contributed by atoms with E-state index in [-0.39, 0.29) is 24.8 Å². The van der Waals surface area contributed by atoms with Crippen LogP contribution in [0.2, 0.25) is 0 Å². The highest BCUT2D eigenvalue weighted by atomic mass is 32.2. The highest BCUT2D eigenvalue weighted by Gasteiger charge is 2.15. The van der Waals surface area contributed by atoms with Gasteiger partial charge >= 0.3 is 5.69 Å². The van der Waals surface area contributed by atoms with E-state index >= 15 is 0 Å². The Kier molecular flexibility index (Phi) is 5.51. The van der Waals surface area contributed by atoms with E-state index in [4.69, 9.17) is 0 Å². The van der Waals surface area contributed by atoms with Crippen molar-refractivity contribution in [3.63, 3.8) is 0 Å². The first-order valence-corrected chi connectivity index (χ1v) is 8.87. The Morgan fingerprint density at radius 2 is 1.87 bits per heavy atom. The van der Waals surface area contributed by atoms with Crippen LogP contribution in [0.15, 0.2) is 52.2 Å². The highest BCUT2D eigenvalue weighted by Crippen LogP contribution is 2.12. The summed E-state index contributed by atoms with van der Waals surface area (Å²) in [5.74, 6) is -0.101. The molecule has 1 heterocycles. The number of nitrogens with one attached hydrogen (secondary N) is 2. The molecule has 124 valence electrons. The molecule has 0 spiro atoms. The molecule has 1 aromatic heterocycles. The molecule has 0 amide bonds. The molecule has 0 radical (unpaired) electrons. The molecule has 0 bridgehead atoms. The fourth-order valence-electron chi connectivity index (χ4n) is 2.18. The number of aryl methyl sites for hydroxylation is 1. The fourth-order valence-corrected chi connectivity index (χ4v) is 3.48. The van der Waals surface area contributed by atoms with E-state index in [1.165, 1.54) is 16.8 Å². The zero-order valence-electron chi connectivity index (χ0n) is 12.7. The molecule has 0 aliphatic carbocycles. The smallest absolute Gasteiger partial charge is 0.301 e. The van der Waals surface area contributed by atoms with Crippen LogP contribution in [0, 0.1) is 0 Å². The second kappa shape index (κ2) is 7.38. The minimum absolute atomic E-state index is 0.101. The maximum Gasteiger partial charge on any atom is 0.328 e. The van der Waals surface area contributed by atoms with Gasteiger partial charge in [-0.2, -0.15) is 0 Å². The molecule has 1 aromatic carbocycles. The van der Waals surface area contributed by atoms with E-state index < -0.39 is 21.3 Å². The molecule has 0 unspecified atom stereocenters. The van der Waals surface area contributed by atoms with Crippen LogP contribution in [0.3, 0.4) is 0 Å². The number of nitrogens with zero attached hydrogens (tertiary/aromatic N) is 1. The van der Waals surface area contributed by atoms with Crippen molar-refractivity contribution in [1.29, 1.82) is 0 Å². The molecule has 1 atom stereocenters. The van der Waals surface area contributed by atoms with Crippen molar-refractivity contribution < 1.29 is 8.42 Å². The van der Waals surface area contributed by atoms with E-state index in [0.29, 0.717) is 0 Å². The number of rotatable bonds is 7. The van der Waals surface area contributed by atoms with Gasteiger partial charge in [0.15, 0.2) is 0 Å². The van der Waals surface area contributed by atoms with E-state index in [9.17, 15) is 18.0 Å². The molecular weight excluding hydrogens is 318 g/mol. The lowest BCUT2D eigenvalue weighted by Crippen LogP contribution is -2.31. The number of hydrogen-bond donors (Lipinski definition) is 2. The molecule has 0 fully saturated rings.